The number of nitrogens with zero attached hydrogens (tertiary/aromatic N) is 3. The van der Waals surface area contributed by atoms with Gasteiger partial charge in [0.05, 0.1) is 7.11 Å². The van der Waals surface area contributed by atoms with Gasteiger partial charge < -0.3 is 24.4 Å². The molecule has 8 nitrogen and oxygen atoms in total. The Labute approximate surface area is 147 Å². The lowest BCUT2D eigenvalue weighted by atomic mass is 10.1. The van der Waals surface area contributed by atoms with Crippen molar-refractivity contribution >= 4 is 17.9 Å². The summed E-state index contributed by atoms with van der Waals surface area (Å²) in [5.41, 5.74) is -0.512. The lowest BCUT2D eigenvalue weighted by Gasteiger charge is -2.40. The first-order chi connectivity index (χ1) is 11.6. The first kappa shape index (κ1) is 18.8. The van der Waals surface area contributed by atoms with Crippen molar-refractivity contribution in [2.45, 2.75) is 39.3 Å². The first-order valence-electron chi connectivity index (χ1n) is 8.14. The van der Waals surface area contributed by atoms with E-state index in [1.54, 1.807) is 11.0 Å². The zero-order chi connectivity index (χ0) is 18.8. The summed E-state index contributed by atoms with van der Waals surface area (Å²) < 4.78 is 10.6. The topological polar surface area (TPSA) is 92.2 Å². The molecular weight excluding hydrogens is 326 g/mol. The molecule has 1 fully saturated rings. The van der Waals surface area contributed by atoms with Crippen molar-refractivity contribution in [3.05, 3.63) is 17.8 Å². The Balaban J connectivity index is 2.10. The average Bonchev–Trinajstić information content (AvgIpc) is 2.52. The molecule has 1 aliphatic heterocycles. The van der Waals surface area contributed by atoms with Crippen molar-refractivity contribution in [2.75, 3.05) is 31.6 Å². The van der Waals surface area contributed by atoms with E-state index >= 15 is 0 Å². The molecule has 1 N–H and O–H groups in total. The predicted octanol–water partition coefficient (Wildman–Crippen LogP) is 2.23. The van der Waals surface area contributed by atoms with Gasteiger partial charge in [-0.15, -0.1) is 0 Å². The number of hydrogen-bond donors (Lipinski definition) is 1. The minimum atomic E-state index is -1.08. The Kier molecular flexibility index (Phi) is 5.39. The monoisotopic (exact) mass is 351 g/mol. The van der Waals surface area contributed by atoms with Crippen molar-refractivity contribution in [2.24, 2.45) is 0 Å². The van der Waals surface area contributed by atoms with Crippen LogP contribution in [-0.4, -0.2) is 65.4 Å². The SMILES string of the molecule is COc1cc(N2CCN(C(=O)OC(C)(C)C)C(C)C2)ncc1C(=O)O. The van der Waals surface area contributed by atoms with Crippen LogP contribution in [0.4, 0.5) is 10.6 Å². The molecule has 1 unspecified atom stereocenters. The molecule has 0 saturated carbocycles. The Morgan fingerprint density at radius 3 is 2.52 bits per heavy atom. The third-order valence-corrected chi connectivity index (χ3v) is 3.88. The van der Waals surface area contributed by atoms with E-state index in [0.29, 0.717) is 25.5 Å². The molecular formula is C17H25N3O5. The quantitative estimate of drug-likeness (QED) is 0.892. The summed E-state index contributed by atoms with van der Waals surface area (Å²) >= 11 is 0. The van der Waals surface area contributed by atoms with Crippen molar-refractivity contribution in [1.82, 2.24) is 9.88 Å². The van der Waals surface area contributed by atoms with E-state index in [9.17, 15) is 9.59 Å². The molecule has 0 radical (unpaired) electrons. The number of methoxy groups -OCH3 is 1. The normalized spacial score (nSPS) is 18.0. The molecule has 8 heteroatoms. The van der Waals surface area contributed by atoms with Gasteiger partial charge in [0.1, 0.15) is 22.7 Å². The van der Waals surface area contributed by atoms with E-state index in [1.165, 1.54) is 13.3 Å². The number of pyridine rings is 1. The van der Waals surface area contributed by atoms with E-state index in [2.05, 4.69) is 4.98 Å². The molecule has 1 aliphatic rings. The summed E-state index contributed by atoms with van der Waals surface area (Å²) in [6.07, 6.45) is 0.966. The van der Waals surface area contributed by atoms with Gasteiger partial charge in [0.15, 0.2) is 0 Å². The van der Waals surface area contributed by atoms with Crippen LogP contribution in [0, 0.1) is 0 Å². The largest absolute Gasteiger partial charge is 0.496 e. The van der Waals surface area contributed by atoms with E-state index in [0.717, 1.165) is 0 Å². The molecule has 25 heavy (non-hydrogen) atoms. The van der Waals surface area contributed by atoms with Gasteiger partial charge >= 0.3 is 12.1 Å². The first-order valence-corrected chi connectivity index (χ1v) is 8.14. The second kappa shape index (κ2) is 7.16. The third kappa shape index (κ3) is 4.52. The molecule has 2 heterocycles. The van der Waals surface area contributed by atoms with E-state index < -0.39 is 11.6 Å². The number of rotatable bonds is 3. The molecule has 1 amide bonds. The molecule has 1 saturated heterocycles. The van der Waals surface area contributed by atoms with Gasteiger partial charge in [-0.1, -0.05) is 0 Å². The van der Waals surface area contributed by atoms with Crippen LogP contribution in [0.2, 0.25) is 0 Å². The molecule has 1 aromatic heterocycles. The smallest absolute Gasteiger partial charge is 0.410 e. The second-order valence-corrected chi connectivity index (χ2v) is 7.02. The highest BCUT2D eigenvalue weighted by Crippen LogP contribution is 2.25. The summed E-state index contributed by atoms with van der Waals surface area (Å²) in [6.45, 7) is 9.11. The Morgan fingerprint density at radius 1 is 1.32 bits per heavy atom. The summed E-state index contributed by atoms with van der Waals surface area (Å²) in [5.74, 6) is -0.198. The fraction of sp³-hybridized carbons (Fsp3) is 0.588. The average molecular weight is 351 g/mol. The highest BCUT2D eigenvalue weighted by Gasteiger charge is 2.31. The van der Waals surface area contributed by atoms with Gasteiger partial charge in [0, 0.05) is 37.9 Å². The minimum absolute atomic E-state index is 0.0201. The number of carbonyl (C=O) groups is 2. The van der Waals surface area contributed by atoms with Gasteiger partial charge in [0.25, 0.3) is 0 Å². The van der Waals surface area contributed by atoms with Crippen LogP contribution >= 0.6 is 0 Å². The van der Waals surface area contributed by atoms with E-state index in [-0.39, 0.29) is 23.4 Å². The highest BCUT2D eigenvalue weighted by molar-refractivity contribution is 5.90. The maximum absolute atomic E-state index is 12.3. The van der Waals surface area contributed by atoms with Gasteiger partial charge in [-0.05, 0) is 27.7 Å². The fourth-order valence-corrected chi connectivity index (χ4v) is 2.69. The summed E-state index contributed by atoms with van der Waals surface area (Å²) in [5, 5.41) is 9.14. The second-order valence-electron chi connectivity index (χ2n) is 7.02. The van der Waals surface area contributed by atoms with Crippen molar-refractivity contribution in [3.8, 4) is 5.75 Å². The van der Waals surface area contributed by atoms with Crippen LogP contribution in [-0.2, 0) is 4.74 Å². The third-order valence-electron chi connectivity index (χ3n) is 3.88. The molecule has 0 spiro atoms. The Bertz CT molecular complexity index is 656. The molecule has 1 atom stereocenters. The molecule has 2 rings (SSSR count). The zero-order valence-corrected chi connectivity index (χ0v) is 15.3. The predicted molar refractivity (Wildman–Crippen MR) is 92.4 cm³/mol. The number of carbonyl (C=O) groups excluding carboxylic acids is 1. The lowest BCUT2D eigenvalue weighted by Crippen LogP contribution is -2.55. The lowest BCUT2D eigenvalue weighted by molar-refractivity contribution is 0.0158. The Morgan fingerprint density at radius 2 is 2.00 bits per heavy atom. The van der Waals surface area contributed by atoms with Gasteiger partial charge in [-0.2, -0.15) is 0 Å². The van der Waals surface area contributed by atoms with Crippen molar-refractivity contribution in [1.29, 1.82) is 0 Å². The number of anilines is 1. The standard InChI is InChI=1S/C17H25N3O5/c1-11-10-19(6-7-20(11)16(23)25-17(2,3)4)14-8-13(24-5)12(9-18-14)15(21)22/h8-9,11H,6-7,10H2,1-5H3,(H,21,22). The maximum Gasteiger partial charge on any atom is 0.410 e. The number of amides is 1. The van der Waals surface area contributed by atoms with Crippen LogP contribution < -0.4 is 9.64 Å². The van der Waals surface area contributed by atoms with E-state index in [4.69, 9.17) is 14.6 Å². The number of aromatic nitrogens is 1. The number of carboxylic acid groups (broad SMARTS) is 1. The summed E-state index contributed by atoms with van der Waals surface area (Å²) in [4.78, 5) is 31.4. The van der Waals surface area contributed by atoms with Crippen molar-refractivity contribution < 1.29 is 24.2 Å². The van der Waals surface area contributed by atoms with Crippen LogP contribution in [0.15, 0.2) is 12.3 Å². The number of ether oxygens (including phenoxy) is 2. The molecule has 0 aromatic carbocycles. The van der Waals surface area contributed by atoms with Crippen LogP contribution in [0.5, 0.6) is 5.75 Å². The van der Waals surface area contributed by atoms with E-state index in [1.807, 2.05) is 32.6 Å². The number of hydrogen-bond acceptors (Lipinski definition) is 6. The zero-order valence-electron chi connectivity index (χ0n) is 15.3. The van der Waals surface area contributed by atoms with Gasteiger partial charge in [-0.3, -0.25) is 0 Å². The van der Waals surface area contributed by atoms with Gasteiger partial charge in [0.2, 0.25) is 0 Å². The maximum atomic E-state index is 12.3. The van der Waals surface area contributed by atoms with Crippen LogP contribution in [0.25, 0.3) is 0 Å². The summed E-state index contributed by atoms with van der Waals surface area (Å²) in [7, 11) is 1.43. The van der Waals surface area contributed by atoms with Crippen LogP contribution in [0.3, 0.4) is 0 Å². The molecule has 0 bridgehead atoms. The fourth-order valence-electron chi connectivity index (χ4n) is 2.69. The summed E-state index contributed by atoms with van der Waals surface area (Å²) in [6, 6.07) is 1.55. The number of aromatic carboxylic acids is 1. The van der Waals surface area contributed by atoms with Crippen LogP contribution in [0.1, 0.15) is 38.1 Å². The van der Waals surface area contributed by atoms with Gasteiger partial charge in [-0.25, -0.2) is 14.6 Å². The Hall–Kier alpha value is -2.51. The van der Waals surface area contributed by atoms with Crippen molar-refractivity contribution in [3.63, 3.8) is 0 Å². The highest BCUT2D eigenvalue weighted by atomic mass is 16.6. The number of piperazine rings is 1. The number of carboxylic acids is 1. The molecule has 1 aromatic rings. The minimum Gasteiger partial charge on any atom is -0.496 e. The molecule has 0 aliphatic carbocycles. The molecule has 138 valence electrons.